The number of nitrogens with zero attached hydrogens (tertiary/aromatic N) is 1. The number of halogens is 1. The zero-order valence-corrected chi connectivity index (χ0v) is 22.7. The first kappa shape index (κ1) is 27.8. The third-order valence-electron chi connectivity index (χ3n) is 6.04. The lowest BCUT2D eigenvalue weighted by atomic mass is 10.0. The second-order valence-corrected chi connectivity index (χ2v) is 10.5. The summed E-state index contributed by atoms with van der Waals surface area (Å²) in [5, 5.41) is 3.75. The van der Waals surface area contributed by atoms with Gasteiger partial charge in [0, 0.05) is 35.8 Å². The second-order valence-electron chi connectivity index (χ2n) is 8.85. The van der Waals surface area contributed by atoms with E-state index in [0.717, 1.165) is 40.2 Å². The van der Waals surface area contributed by atoms with Gasteiger partial charge in [0.25, 0.3) is 0 Å². The van der Waals surface area contributed by atoms with Gasteiger partial charge in [0.2, 0.25) is 11.8 Å². The first-order valence-electron chi connectivity index (χ1n) is 12.5. The summed E-state index contributed by atoms with van der Waals surface area (Å²) in [5.74, 6) is 0.720. The summed E-state index contributed by atoms with van der Waals surface area (Å²) in [6, 6.07) is 25.2. The van der Waals surface area contributed by atoms with E-state index in [2.05, 4.69) is 5.32 Å². The van der Waals surface area contributed by atoms with Crippen LogP contribution in [0.3, 0.4) is 0 Å². The van der Waals surface area contributed by atoms with E-state index in [9.17, 15) is 9.59 Å². The molecule has 0 fully saturated rings. The third kappa shape index (κ3) is 8.72. The van der Waals surface area contributed by atoms with Crippen molar-refractivity contribution in [2.45, 2.75) is 57.0 Å². The minimum Gasteiger partial charge on any atom is -0.354 e. The topological polar surface area (TPSA) is 49.4 Å². The molecule has 190 valence electrons. The summed E-state index contributed by atoms with van der Waals surface area (Å²) in [6.07, 6.45) is 2.44. The molecule has 0 bridgehead atoms. The van der Waals surface area contributed by atoms with Gasteiger partial charge in [0.1, 0.15) is 6.04 Å². The number of carbonyl (C=O) groups is 2. The van der Waals surface area contributed by atoms with Crippen molar-refractivity contribution in [3.8, 4) is 0 Å². The van der Waals surface area contributed by atoms with Crippen molar-refractivity contribution in [1.82, 2.24) is 10.2 Å². The van der Waals surface area contributed by atoms with Crippen molar-refractivity contribution < 1.29 is 9.59 Å². The first-order valence-corrected chi connectivity index (χ1v) is 13.9. The highest BCUT2D eigenvalue weighted by molar-refractivity contribution is 7.99. The smallest absolute Gasteiger partial charge is 0.243 e. The van der Waals surface area contributed by atoms with Crippen molar-refractivity contribution >= 4 is 35.2 Å². The molecule has 1 N–H and O–H groups in total. The van der Waals surface area contributed by atoms with Gasteiger partial charge in [-0.1, -0.05) is 73.1 Å². The van der Waals surface area contributed by atoms with E-state index in [1.807, 2.05) is 92.7 Å². The van der Waals surface area contributed by atoms with Crippen LogP contribution >= 0.6 is 23.4 Å². The average Bonchev–Trinajstić information content (AvgIpc) is 2.89. The number of aryl methyl sites for hydroxylation is 1. The van der Waals surface area contributed by atoms with Crippen LogP contribution in [0.1, 0.15) is 42.9 Å². The molecule has 0 saturated heterocycles. The van der Waals surface area contributed by atoms with E-state index in [1.165, 1.54) is 0 Å². The highest BCUT2D eigenvalue weighted by atomic mass is 35.5. The molecule has 3 rings (SSSR count). The number of thioether (sulfide) groups is 1. The van der Waals surface area contributed by atoms with Crippen LogP contribution in [0.5, 0.6) is 0 Å². The Bertz CT molecular complexity index is 1110. The van der Waals surface area contributed by atoms with Crippen LogP contribution in [0.2, 0.25) is 5.02 Å². The fraction of sp³-hybridized carbons (Fsp3) is 0.333. The van der Waals surface area contributed by atoms with Gasteiger partial charge in [0.15, 0.2) is 0 Å². The number of benzene rings is 3. The molecule has 0 aliphatic rings. The second kappa shape index (κ2) is 14.7. The lowest BCUT2D eigenvalue weighted by Gasteiger charge is -2.32. The molecule has 1 unspecified atom stereocenters. The SMILES string of the molecule is CCCNC(=O)C(Cc1ccccc1)N(Cc1ccccc1C)C(=O)CCCSc1ccc(Cl)cc1. The Kier molecular flexibility index (Phi) is 11.4. The van der Waals surface area contributed by atoms with E-state index in [1.54, 1.807) is 16.7 Å². The molecule has 0 aliphatic carbocycles. The molecule has 0 aromatic heterocycles. The Morgan fingerprint density at radius 3 is 2.36 bits per heavy atom. The lowest BCUT2D eigenvalue weighted by molar-refractivity contribution is -0.141. The van der Waals surface area contributed by atoms with E-state index < -0.39 is 6.04 Å². The molecule has 6 heteroatoms. The van der Waals surface area contributed by atoms with Crippen molar-refractivity contribution in [3.63, 3.8) is 0 Å². The molecule has 1 atom stereocenters. The van der Waals surface area contributed by atoms with Crippen molar-refractivity contribution in [2.24, 2.45) is 0 Å². The average molecular weight is 523 g/mol. The summed E-state index contributed by atoms with van der Waals surface area (Å²) in [6.45, 7) is 5.08. The first-order chi connectivity index (χ1) is 17.5. The van der Waals surface area contributed by atoms with Crippen LogP contribution in [0.15, 0.2) is 83.8 Å². The third-order valence-corrected chi connectivity index (χ3v) is 7.39. The summed E-state index contributed by atoms with van der Waals surface area (Å²) < 4.78 is 0. The van der Waals surface area contributed by atoms with Crippen LogP contribution in [-0.2, 0) is 22.6 Å². The Morgan fingerprint density at radius 1 is 0.972 bits per heavy atom. The molecule has 0 aliphatic heterocycles. The molecular weight excluding hydrogens is 488 g/mol. The van der Waals surface area contributed by atoms with Gasteiger partial charge in [-0.3, -0.25) is 9.59 Å². The summed E-state index contributed by atoms with van der Waals surface area (Å²) >= 11 is 7.69. The van der Waals surface area contributed by atoms with Crippen molar-refractivity contribution in [1.29, 1.82) is 0 Å². The molecule has 0 spiro atoms. The summed E-state index contributed by atoms with van der Waals surface area (Å²) in [4.78, 5) is 29.9. The minimum absolute atomic E-state index is 0.00235. The largest absolute Gasteiger partial charge is 0.354 e. The Balaban J connectivity index is 1.78. The lowest BCUT2D eigenvalue weighted by Crippen LogP contribution is -2.50. The Hall–Kier alpha value is -2.76. The van der Waals surface area contributed by atoms with Crippen LogP contribution in [-0.4, -0.2) is 35.1 Å². The number of amides is 2. The number of hydrogen-bond donors (Lipinski definition) is 1. The van der Waals surface area contributed by atoms with Crippen LogP contribution in [0.25, 0.3) is 0 Å². The van der Waals surface area contributed by atoms with Gasteiger partial charge in [-0.2, -0.15) is 0 Å². The molecule has 0 radical (unpaired) electrons. The van der Waals surface area contributed by atoms with Crippen LogP contribution in [0, 0.1) is 6.92 Å². The quantitative estimate of drug-likeness (QED) is 0.201. The predicted octanol–water partition coefficient (Wildman–Crippen LogP) is 6.69. The fourth-order valence-electron chi connectivity index (χ4n) is 3.98. The van der Waals surface area contributed by atoms with Gasteiger partial charge < -0.3 is 10.2 Å². The Morgan fingerprint density at radius 2 is 1.67 bits per heavy atom. The van der Waals surface area contributed by atoms with Crippen molar-refractivity contribution in [2.75, 3.05) is 12.3 Å². The highest BCUT2D eigenvalue weighted by Crippen LogP contribution is 2.23. The van der Waals surface area contributed by atoms with Crippen LogP contribution in [0.4, 0.5) is 0 Å². The standard InChI is InChI=1S/C30H35ClN2O2S/c1-3-19-32-30(35)28(21-24-11-5-4-6-12-24)33(22-25-13-8-7-10-23(25)2)29(34)14-9-20-36-27-17-15-26(31)16-18-27/h4-8,10-13,15-18,28H,3,9,14,19-22H2,1-2H3,(H,32,35). The zero-order valence-electron chi connectivity index (χ0n) is 21.1. The van der Waals surface area contributed by atoms with Gasteiger partial charge >= 0.3 is 0 Å². The summed E-state index contributed by atoms with van der Waals surface area (Å²) in [7, 11) is 0. The normalized spacial score (nSPS) is 11.6. The number of nitrogens with one attached hydrogen (secondary N) is 1. The number of carbonyl (C=O) groups excluding carboxylic acids is 2. The monoisotopic (exact) mass is 522 g/mol. The van der Waals surface area contributed by atoms with Gasteiger partial charge in [-0.05, 0) is 66.5 Å². The molecule has 3 aromatic rings. The molecule has 36 heavy (non-hydrogen) atoms. The Labute approximate surface area is 224 Å². The summed E-state index contributed by atoms with van der Waals surface area (Å²) in [5.41, 5.74) is 3.21. The predicted molar refractivity (Wildman–Crippen MR) is 150 cm³/mol. The van der Waals surface area contributed by atoms with Crippen LogP contribution < -0.4 is 5.32 Å². The molecule has 0 heterocycles. The molecule has 4 nitrogen and oxygen atoms in total. The van der Waals surface area contributed by atoms with E-state index in [0.29, 0.717) is 31.0 Å². The van der Waals surface area contributed by atoms with Gasteiger partial charge in [0.05, 0.1) is 0 Å². The maximum Gasteiger partial charge on any atom is 0.243 e. The maximum atomic E-state index is 13.6. The van der Waals surface area contributed by atoms with E-state index in [-0.39, 0.29) is 11.8 Å². The minimum atomic E-state index is -0.574. The van der Waals surface area contributed by atoms with E-state index >= 15 is 0 Å². The maximum absolute atomic E-state index is 13.6. The number of rotatable bonds is 13. The van der Waals surface area contributed by atoms with Gasteiger partial charge in [-0.15, -0.1) is 11.8 Å². The fourth-order valence-corrected chi connectivity index (χ4v) is 4.96. The highest BCUT2D eigenvalue weighted by Gasteiger charge is 2.30. The van der Waals surface area contributed by atoms with Gasteiger partial charge in [-0.25, -0.2) is 0 Å². The molecule has 2 amide bonds. The molecule has 0 saturated carbocycles. The zero-order chi connectivity index (χ0) is 25.8. The van der Waals surface area contributed by atoms with E-state index in [4.69, 9.17) is 11.6 Å². The van der Waals surface area contributed by atoms with Crippen molar-refractivity contribution in [3.05, 3.63) is 101 Å². The molecule has 3 aromatic carbocycles. The molecular formula is C30H35ClN2O2S. The number of hydrogen-bond acceptors (Lipinski definition) is 3.